The fourth-order valence-electron chi connectivity index (χ4n) is 3.72. The standard InChI is InChI=1S/C22H22IN2O2P/c1-17(21(26)25-22(24)27)28(23,18-11-5-2-6-12-18,19-13-7-3-8-14-19)20-15-9-4-10-16-20/h2-17H,1H3,(H3,24,25,26,27). The van der Waals surface area contributed by atoms with Gasteiger partial charge in [-0.05, 0) is 0 Å². The van der Waals surface area contributed by atoms with Gasteiger partial charge in [0.15, 0.2) is 0 Å². The van der Waals surface area contributed by atoms with Gasteiger partial charge >= 0.3 is 178 Å². The molecule has 0 fully saturated rings. The number of carbonyl (C=O) groups is 2. The Balaban J connectivity index is 2.44. The zero-order chi connectivity index (χ0) is 20.2. The molecule has 3 N–H and O–H groups in total. The number of carbonyl (C=O) groups excluding carboxylic acids is 2. The Bertz CT molecular complexity index is 882. The number of nitrogens with two attached hydrogens (primary N) is 1. The SMILES string of the molecule is CC(C(=O)NC(N)=O)P(I)(c1ccccc1)(c1ccccc1)c1ccccc1. The molecule has 1 unspecified atom stereocenters. The van der Waals surface area contributed by atoms with Gasteiger partial charge in [-0.25, -0.2) is 0 Å². The summed E-state index contributed by atoms with van der Waals surface area (Å²) < 4.78 is -3.33. The number of hydrogen-bond donors (Lipinski definition) is 2. The van der Waals surface area contributed by atoms with Gasteiger partial charge in [-0.15, -0.1) is 0 Å². The summed E-state index contributed by atoms with van der Waals surface area (Å²) in [6.07, 6.45) is 0. The van der Waals surface area contributed by atoms with Gasteiger partial charge < -0.3 is 0 Å². The Morgan fingerprint density at radius 1 is 0.786 bits per heavy atom. The van der Waals surface area contributed by atoms with Crippen LogP contribution in [0.25, 0.3) is 0 Å². The van der Waals surface area contributed by atoms with E-state index >= 15 is 0 Å². The average Bonchev–Trinajstić information content (AvgIpc) is 2.74. The molecule has 3 amide bonds. The van der Waals surface area contributed by atoms with Crippen LogP contribution in [0.15, 0.2) is 91.0 Å². The van der Waals surface area contributed by atoms with E-state index < -0.39 is 15.9 Å². The monoisotopic (exact) mass is 504 g/mol. The number of primary amides is 1. The van der Waals surface area contributed by atoms with Gasteiger partial charge in [0.1, 0.15) is 0 Å². The molecule has 28 heavy (non-hydrogen) atoms. The van der Waals surface area contributed by atoms with Gasteiger partial charge in [0.2, 0.25) is 0 Å². The molecule has 3 aromatic rings. The third-order valence-electron chi connectivity index (χ3n) is 5.14. The van der Waals surface area contributed by atoms with Crippen molar-refractivity contribution in [2.75, 3.05) is 0 Å². The molecule has 0 heterocycles. The van der Waals surface area contributed by atoms with Crippen LogP contribution in [0, 0.1) is 0 Å². The Hall–Kier alpha value is -2.24. The molecule has 0 bridgehead atoms. The average molecular weight is 504 g/mol. The van der Waals surface area contributed by atoms with E-state index in [1.54, 1.807) is 0 Å². The van der Waals surface area contributed by atoms with Crippen molar-refractivity contribution in [3.8, 4) is 0 Å². The molecular weight excluding hydrogens is 482 g/mol. The first-order chi connectivity index (χ1) is 13.4. The third-order valence-corrected chi connectivity index (χ3v) is 18.3. The van der Waals surface area contributed by atoms with E-state index in [0.29, 0.717) is 0 Å². The van der Waals surface area contributed by atoms with Gasteiger partial charge in [-0.1, -0.05) is 0 Å². The number of halogens is 1. The van der Waals surface area contributed by atoms with E-state index in [-0.39, 0.29) is 5.91 Å². The molecule has 144 valence electrons. The third kappa shape index (κ3) is 3.23. The Morgan fingerprint density at radius 2 is 1.11 bits per heavy atom. The van der Waals surface area contributed by atoms with Crippen LogP contribution in [0.2, 0.25) is 0 Å². The Kier molecular flexibility index (Phi) is 5.87. The molecule has 0 saturated heterocycles. The van der Waals surface area contributed by atoms with Crippen LogP contribution >= 0.6 is 26.3 Å². The summed E-state index contributed by atoms with van der Waals surface area (Å²) in [5.74, 6) is -0.379. The minimum absolute atomic E-state index is 0.379. The summed E-state index contributed by atoms with van der Waals surface area (Å²) in [5.41, 5.74) is 4.75. The summed E-state index contributed by atoms with van der Waals surface area (Å²) >= 11 is 2.51. The molecule has 0 spiro atoms. The van der Waals surface area contributed by atoms with E-state index in [9.17, 15) is 9.59 Å². The zero-order valence-corrected chi connectivity index (χ0v) is 18.5. The molecule has 3 aromatic carbocycles. The summed E-state index contributed by atoms with van der Waals surface area (Å²) in [4.78, 5) is 24.6. The summed E-state index contributed by atoms with van der Waals surface area (Å²) in [6.45, 7) is 1.88. The van der Waals surface area contributed by atoms with E-state index in [1.165, 1.54) is 0 Å². The molecule has 0 aliphatic carbocycles. The quantitative estimate of drug-likeness (QED) is 0.413. The first kappa shape index (κ1) is 20.5. The molecule has 1 atom stereocenters. The molecular formula is C22H22IN2O2P. The van der Waals surface area contributed by atoms with E-state index in [2.05, 4.69) is 63.8 Å². The number of nitrogens with one attached hydrogen (secondary N) is 1. The number of imide groups is 1. The van der Waals surface area contributed by atoms with Crippen LogP contribution in [0.5, 0.6) is 0 Å². The van der Waals surface area contributed by atoms with Crippen molar-refractivity contribution in [3.05, 3.63) is 91.0 Å². The first-order valence-corrected chi connectivity index (χ1v) is 14.0. The number of amides is 3. The maximum absolute atomic E-state index is 13.1. The number of benzene rings is 3. The molecule has 4 nitrogen and oxygen atoms in total. The van der Waals surface area contributed by atoms with Crippen LogP contribution in [-0.2, 0) is 4.79 Å². The topological polar surface area (TPSA) is 72.2 Å². The summed E-state index contributed by atoms with van der Waals surface area (Å²) in [7, 11) is 0. The Morgan fingerprint density at radius 3 is 1.39 bits per heavy atom. The minimum atomic E-state index is -3.33. The van der Waals surface area contributed by atoms with Crippen LogP contribution in [0.1, 0.15) is 6.92 Å². The van der Waals surface area contributed by atoms with E-state index in [4.69, 9.17) is 5.73 Å². The summed E-state index contributed by atoms with van der Waals surface area (Å²) in [5, 5.41) is 5.51. The van der Waals surface area contributed by atoms with Crippen molar-refractivity contribution >= 4 is 54.1 Å². The van der Waals surface area contributed by atoms with E-state index in [0.717, 1.165) is 15.9 Å². The second-order valence-electron chi connectivity index (χ2n) is 6.61. The van der Waals surface area contributed by atoms with Crippen molar-refractivity contribution in [2.45, 2.75) is 12.6 Å². The predicted molar refractivity (Wildman–Crippen MR) is 126 cm³/mol. The molecule has 3 rings (SSSR count). The van der Waals surface area contributed by atoms with Gasteiger partial charge in [-0.3, -0.25) is 0 Å². The van der Waals surface area contributed by atoms with Crippen LogP contribution in [0.3, 0.4) is 0 Å². The van der Waals surface area contributed by atoms with Crippen molar-refractivity contribution in [3.63, 3.8) is 0 Å². The Labute approximate surface area is 177 Å². The fourth-order valence-corrected chi connectivity index (χ4v) is 12.4. The molecule has 0 saturated carbocycles. The van der Waals surface area contributed by atoms with Crippen LogP contribution in [0.4, 0.5) is 4.79 Å². The number of urea groups is 1. The molecule has 0 radical (unpaired) electrons. The van der Waals surface area contributed by atoms with Crippen molar-refractivity contribution in [1.29, 1.82) is 0 Å². The second-order valence-corrected chi connectivity index (χ2v) is 17.1. The maximum atomic E-state index is 13.1. The summed E-state index contributed by atoms with van der Waals surface area (Å²) in [6, 6.07) is 29.4. The fraction of sp³-hybridized carbons (Fsp3) is 0.0909. The van der Waals surface area contributed by atoms with Crippen LogP contribution in [-0.4, -0.2) is 17.6 Å². The van der Waals surface area contributed by atoms with Crippen molar-refractivity contribution < 1.29 is 9.59 Å². The molecule has 0 aromatic heterocycles. The molecule has 0 aliphatic heterocycles. The second kappa shape index (κ2) is 8.02. The van der Waals surface area contributed by atoms with Crippen molar-refractivity contribution in [2.24, 2.45) is 5.73 Å². The van der Waals surface area contributed by atoms with E-state index in [1.807, 2.05) is 61.5 Å². The molecule has 6 heteroatoms. The van der Waals surface area contributed by atoms with Gasteiger partial charge in [-0.2, -0.15) is 0 Å². The molecule has 0 aliphatic rings. The normalized spacial score (nSPS) is 13.7. The van der Waals surface area contributed by atoms with Crippen LogP contribution < -0.4 is 27.0 Å². The number of hydrogen-bond acceptors (Lipinski definition) is 2. The first-order valence-electron chi connectivity index (χ1n) is 8.89. The van der Waals surface area contributed by atoms with Crippen molar-refractivity contribution in [1.82, 2.24) is 5.32 Å². The number of rotatable bonds is 5. The van der Waals surface area contributed by atoms with Gasteiger partial charge in [0.05, 0.1) is 0 Å². The predicted octanol–water partition coefficient (Wildman–Crippen LogP) is 3.45. The van der Waals surface area contributed by atoms with Gasteiger partial charge in [0, 0.05) is 0 Å². The zero-order valence-electron chi connectivity index (χ0n) is 15.5. The van der Waals surface area contributed by atoms with Gasteiger partial charge in [0.25, 0.3) is 0 Å².